The van der Waals surface area contributed by atoms with Crippen LogP contribution in [0.1, 0.15) is 16.3 Å². The van der Waals surface area contributed by atoms with E-state index in [0.717, 1.165) is 10.7 Å². The van der Waals surface area contributed by atoms with Crippen molar-refractivity contribution in [3.8, 4) is 5.75 Å². The third-order valence-corrected chi connectivity index (χ3v) is 3.48. The van der Waals surface area contributed by atoms with E-state index in [-0.39, 0.29) is 11.7 Å². The van der Waals surface area contributed by atoms with Gasteiger partial charge in [-0.25, -0.2) is 4.98 Å². The molecule has 0 saturated carbocycles. The number of ether oxygens (including phenoxy) is 1. The molecule has 7 heteroatoms. The molecule has 2 rings (SSSR count). The van der Waals surface area contributed by atoms with E-state index in [9.17, 15) is 13.6 Å². The smallest absolute Gasteiger partial charge is 0.387 e. The van der Waals surface area contributed by atoms with Crippen LogP contribution in [0.3, 0.4) is 0 Å². The zero-order chi connectivity index (χ0) is 15.9. The van der Waals surface area contributed by atoms with Crippen molar-refractivity contribution in [3.05, 3.63) is 52.0 Å². The van der Waals surface area contributed by atoms with Gasteiger partial charge in [0.15, 0.2) is 0 Å². The van der Waals surface area contributed by atoms with E-state index in [2.05, 4.69) is 15.0 Å². The van der Waals surface area contributed by atoms with Crippen molar-refractivity contribution in [3.63, 3.8) is 0 Å². The Bertz CT molecular complexity index is 671. The molecule has 0 radical (unpaired) electrons. The van der Waals surface area contributed by atoms with Gasteiger partial charge in [-0.05, 0) is 19.1 Å². The topological polar surface area (TPSA) is 51.2 Å². The van der Waals surface area contributed by atoms with Crippen molar-refractivity contribution in [2.75, 3.05) is 0 Å². The second-order valence-corrected chi connectivity index (χ2v) is 5.39. The number of carbonyl (C=O) groups is 1. The fourth-order valence-corrected chi connectivity index (χ4v) is 2.33. The third-order valence-electron chi connectivity index (χ3n) is 2.66. The Labute approximate surface area is 130 Å². The number of alkyl halides is 2. The number of para-hydroxylation sites is 1. The van der Waals surface area contributed by atoms with Crippen LogP contribution in [0, 0.1) is 6.92 Å². The summed E-state index contributed by atoms with van der Waals surface area (Å²) in [5.74, 6) is -0.311. The Morgan fingerprint density at radius 2 is 2.23 bits per heavy atom. The molecule has 0 aliphatic heterocycles. The number of aromatic nitrogens is 1. The number of hydrogen-bond acceptors (Lipinski definition) is 4. The highest BCUT2D eigenvalue weighted by Gasteiger charge is 2.07. The summed E-state index contributed by atoms with van der Waals surface area (Å²) in [6.07, 6.45) is 2.70. The summed E-state index contributed by atoms with van der Waals surface area (Å²) < 4.78 is 28.9. The van der Waals surface area contributed by atoms with Gasteiger partial charge in [0.1, 0.15) is 5.75 Å². The van der Waals surface area contributed by atoms with Gasteiger partial charge in [-0.3, -0.25) is 4.79 Å². The molecular formula is C15H14F2N2O2S. The monoisotopic (exact) mass is 324 g/mol. The van der Waals surface area contributed by atoms with Crippen molar-refractivity contribution in [2.24, 2.45) is 0 Å². The number of halogens is 2. The minimum atomic E-state index is -2.91. The number of nitrogens with zero attached hydrogens (tertiary/aromatic N) is 1. The third kappa shape index (κ3) is 4.92. The maximum Gasteiger partial charge on any atom is 0.387 e. The molecule has 0 atom stereocenters. The van der Waals surface area contributed by atoms with Crippen molar-refractivity contribution in [1.29, 1.82) is 0 Å². The Morgan fingerprint density at radius 3 is 2.91 bits per heavy atom. The summed E-state index contributed by atoms with van der Waals surface area (Å²) in [6.45, 7) is -0.699. The van der Waals surface area contributed by atoms with Crippen LogP contribution in [0.4, 0.5) is 8.78 Å². The normalized spacial score (nSPS) is 11.1. The van der Waals surface area contributed by atoms with Gasteiger partial charge in [0, 0.05) is 17.0 Å². The number of aryl methyl sites for hydroxylation is 1. The number of nitrogens with one attached hydrogen (secondary N) is 1. The largest absolute Gasteiger partial charge is 0.434 e. The van der Waals surface area contributed by atoms with Gasteiger partial charge in [0.25, 0.3) is 0 Å². The minimum Gasteiger partial charge on any atom is -0.434 e. The molecule has 1 amide bonds. The molecule has 22 heavy (non-hydrogen) atoms. The molecule has 1 N–H and O–H groups in total. The van der Waals surface area contributed by atoms with Crippen LogP contribution in [0.5, 0.6) is 5.75 Å². The second-order valence-electron chi connectivity index (χ2n) is 4.33. The maximum absolute atomic E-state index is 12.3. The summed E-state index contributed by atoms with van der Waals surface area (Å²) in [7, 11) is 0. The van der Waals surface area contributed by atoms with Crippen molar-refractivity contribution in [2.45, 2.75) is 20.1 Å². The summed E-state index contributed by atoms with van der Waals surface area (Å²) >= 11 is 1.51. The summed E-state index contributed by atoms with van der Waals surface area (Å²) in [4.78, 5) is 15.9. The number of benzene rings is 1. The van der Waals surface area contributed by atoms with E-state index in [1.54, 1.807) is 18.2 Å². The lowest BCUT2D eigenvalue weighted by Crippen LogP contribution is -2.20. The predicted octanol–water partition coefficient (Wildman–Crippen LogP) is 3.38. The molecule has 1 aromatic heterocycles. The lowest BCUT2D eigenvalue weighted by Gasteiger charge is -2.07. The zero-order valence-electron chi connectivity index (χ0n) is 11.8. The molecule has 0 spiro atoms. The summed E-state index contributed by atoms with van der Waals surface area (Å²) in [5.41, 5.74) is 1.19. The summed E-state index contributed by atoms with van der Waals surface area (Å²) in [6, 6.07) is 6.26. The predicted molar refractivity (Wildman–Crippen MR) is 80.8 cm³/mol. The molecule has 0 aliphatic carbocycles. The second kappa shape index (κ2) is 7.65. The standard InChI is InChI=1S/C15H14F2N2O2S/c1-10-19-12(9-22-10)8-18-14(20)7-6-11-4-2-3-5-13(11)21-15(16)17/h2-7,9,15H,8H2,1H3,(H,18,20)/b7-6+. The van der Waals surface area contributed by atoms with Crippen LogP contribution in [-0.2, 0) is 11.3 Å². The van der Waals surface area contributed by atoms with E-state index < -0.39 is 6.61 Å². The highest BCUT2D eigenvalue weighted by Crippen LogP contribution is 2.21. The molecule has 1 aromatic carbocycles. The van der Waals surface area contributed by atoms with E-state index in [4.69, 9.17) is 0 Å². The van der Waals surface area contributed by atoms with Crippen LogP contribution < -0.4 is 10.1 Å². The van der Waals surface area contributed by atoms with Crippen LogP contribution in [0.15, 0.2) is 35.7 Å². The van der Waals surface area contributed by atoms with Crippen molar-refractivity contribution < 1.29 is 18.3 Å². The summed E-state index contributed by atoms with van der Waals surface area (Å²) in [5, 5.41) is 5.47. The van der Waals surface area contributed by atoms with Crippen LogP contribution in [-0.4, -0.2) is 17.5 Å². The van der Waals surface area contributed by atoms with Gasteiger partial charge in [-0.1, -0.05) is 18.2 Å². The fourth-order valence-electron chi connectivity index (χ4n) is 1.71. The highest BCUT2D eigenvalue weighted by atomic mass is 32.1. The molecule has 1 heterocycles. The maximum atomic E-state index is 12.3. The van der Waals surface area contributed by atoms with Gasteiger partial charge in [0.05, 0.1) is 17.2 Å². The molecule has 0 saturated heterocycles. The molecule has 2 aromatic rings. The van der Waals surface area contributed by atoms with Gasteiger partial charge in [-0.2, -0.15) is 8.78 Å². The van der Waals surface area contributed by atoms with Gasteiger partial charge in [-0.15, -0.1) is 11.3 Å². The first-order valence-electron chi connectivity index (χ1n) is 6.45. The molecule has 0 bridgehead atoms. The van der Waals surface area contributed by atoms with E-state index >= 15 is 0 Å². The lowest BCUT2D eigenvalue weighted by molar-refractivity contribution is -0.116. The average Bonchev–Trinajstić information content (AvgIpc) is 2.89. The molecule has 4 nitrogen and oxygen atoms in total. The quantitative estimate of drug-likeness (QED) is 0.829. The van der Waals surface area contributed by atoms with Crippen molar-refractivity contribution in [1.82, 2.24) is 10.3 Å². The Morgan fingerprint density at radius 1 is 1.45 bits per heavy atom. The van der Waals surface area contributed by atoms with E-state index in [1.807, 2.05) is 12.3 Å². The first-order chi connectivity index (χ1) is 10.5. The number of amides is 1. The molecule has 0 aliphatic rings. The Kier molecular flexibility index (Phi) is 5.60. The average molecular weight is 324 g/mol. The molecular weight excluding hydrogens is 310 g/mol. The number of hydrogen-bond donors (Lipinski definition) is 1. The van der Waals surface area contributed by atoms with Crippen LogP contribution >= 0.6 is 11.3 Å². The highest BCUT2D eigenvalue weighted by molar-refractivity contribution is 7.09. The van der Waals surface area contributed by atoms with Crippen LogP contribution in [0.25, 0.3) is 6.08 Å². The molecule has 0 unspecified atom stereocenters. The minimum absolute atomic E-state index is 0.0247. The van der Waals surface area contributed by atoms with Gasteiger partial charge < -0.3 is 10.1 Å². The first kappa shape index (κ1) is 16.1. The Hall–Kier alpha value is -2.28. The molecule has 116 valence electrons. The van der Waals surface area contributed by atoms with Crippen LogP contribution in [0.2, 0.25) is 0 Å². The first-order valence-corrected chi connectivity index (χ1v) is 7.33. The van der Waals surface area contributed by atoms with E-state index in [0.29, 0.717) is 12.1 Å². The van der Waals surface area contributed by atoms with Gasteiger partial charge in [0.2, 0.25) is 5.91 Å². The lowest BCUT2D eigenvalue weighted by atomic mass is 10.2. The van der Waals surface area contributed by atoms with E-state index in [1.165, 1.54) is 29.6 Å². The number of carbonyl (C=O) groups excluding carboxylic acids is 1. The van der Waals surface area contributed by atoms with Gasteiger partial charge >= 0.3 is 6.61 Å². The number of rotatable bonds is 6. The Balaban J connectivity index is 1.94. The zero-order valence-corrected chi connectivity index (χ0v) is 12.6. The number of thiazole rings is 1. The SMILES string of the molecule is Cc1nc(CNC(=O)/C=C/c2ccccc2OC(F)F)cs1. The molecule has 0 fully saturated rings. The fraction of sp³-hybridized carbons (Fsp3) is 0.200. The van der Waals surface area contributed by atoms with Crippen molar-refractivity contribution >= 4 is 23.3 Å².